The molecular weight excluding hydrogens is 465 g/mol. The predicted molar refractivity (Wildman–Crippen MR) is 123 cm³/mol. The topological polar surface area (TPSA) is 97.6 Å². The highest BCUT2D eigenvalue weighted by atomic mass is 19.4. The SMILES string of the molecule is CCCc1c(OCCCOc2cccc3[nH]cc(CCC(=O)O)c23)ccc2c(C(F)(F)F)noc12. The Bertz CT molecular complexity index is 1330. The Morgan fingerprint density at radius 3 is 2.60 bits per heavy atom. The summed E-state index contributed by atoms with van der Waals surface area (Å²) >= 11 is 0. The Morgan fingerprint density at radius 2 is 1.89 bits per heavy atom. The maximum atomic E-state index is 13.2. The minimum Gasteiger partial charge on any atom is -0.493 e. The normalized spacial score (nSPS) is 11.9. The van der Waals surface area contributed by atoms with Crippen LogP contribution in [0.2, 0.25) is 0 Å². The lowest BCUT2D eigenvalue weighted by molar-refractivity contribution is -0.141. The number of aromatic amines is 1. The minimum absolute atomic E-state index is 0.0230. The molecular formula is C25H25F3N2O5. The van der Waals surface area contributed by atoms with E-state index in [4.69, 9.17) is 19.1 Å². The first kappa shape index (κ1) is 24.4. The zero-order chi connectivity index (χ0) is 25.0. The number of aryl methyl sites for hydroxylation is 2. The smallest absolute Gasteiger partial charge is 0.437 e. The van der Waals surface area contributed by atoms with Crippen molar-refractivity contribution in [2.45, 2.75) is 45.2 Å². The number of benzene rings is 2. The van der Waals surface area contributed by atoms with Crippen LogP contribution in [0.25, 0.3) is 21.9 Å². The van der Waals surface area contributed by atoms with E-state index in [2.05, 4.69) is 10.1 Å². The van der Waals surface area contributed by atoms with Crippen LogP contribution < -0.4 is 9.47 Å². The summed E-state index contributed by atoms with van der Waals surface area (Å²) in [6.45, 7) is 2.55. The first-order valence-corrected chi connectivity index (χ1v) is 11.3. The maximum absolute atomic E-state index is 13.2. The summed E-state index contributed by atoms with van der Waals surface area (Å²) in [5, 5.41) is 13.0. The number of carboxylic acids is 1. The van der Waals surface area contributed by atoms with Crippen molar-refractivity contribution in [3.05, 3.63) is 53.3 Å². The maximum Gasteiger partial charge on any atom is 0.437 e. The summed E-state index contributed by atoms with van der Waals surface area (Å²) in [5.41, 5.74) is 1.36. The molecule has 0 atom stereocenters. The Labute approximate surface area is 198 Å². The van der Waals surface area contributed by atoms with Crippen LogP contribution in [0, 0.1) is 0 Å². The number of H-pyrrole nitrogens is 1. The summed E-state index contributed by atoms with van der Waals surface area (Å²) in [5.74, 6) is 0.252. The summed E-state index contributed by atoms with van der Waals surface area (Å²) in [6, 6.07) is 8.43. The third kappa shape index (κ3) is 5.36. The van der Waals surface area contributed by atoms with Crippen molar-refractivity contribution < 1.29 is 37.1 Å². The fourth-order valence-corrected chi connectivity index (χ4v) is 4.07. The number of rotatable bonds is 11. The number of nitrogens with zero attached hydrogens (tertiary/aromatic N) is 1. The lowest BCUT2D eigenvalue weighted by Crippen LogP contribution is -2.07. The third-order valence-corrected chi connectivity index (χ3v) is 5.63. The van der Waals surface area contributed by atoms with Gasteiger partial charge in [-0.15, -0.1) is 0 Å². The Kier molecular flexibility index (Phi) is 7.18. The van der Waals surface area contributed by atoms with E-state index in [-0.39, 0.29) is 24.0 Å². The van der Waals surface area contributed by atoms with Crippen LogP contribution in [-0.2, 0) is 23.8 Å². The van der Waals surface area contributed by atoms with Gasteiger partial charge >= 0.3 is 12.1 Å². The quantitative estimate of drug-likeness (QED) is 0.245. The van der Waals surface area contributed by atoms with E-state index in [0.717, 1.165) is 16.5 Å². The minimum atomic E-state index is -4.59. The molecule has 0 unspecified atom stereocenters. The number of fused-ring (bicyclic) bond motifs is 2. The number of aliphatic carboxylic acids is 1. The number of hydrogen-bond donors (Lipinski definition) is 2. The third-order valence-electron chi connectivity index (χ3n) is 5.63. The van der Waals surface area contributed by atoms with Crippen molar-refractivity contribution in [3.8, 4) is 11.5 Å². The van der Waals surface area contributed by atoms with Crippen LogP contribution in [-0.4, -0.2) is 34.4 Å². The lowest BCUT2D eigenvalue weighted by atomic mass is 10.0. The van der Waals surface area contributed by atoms with Gasteiger partial charge in [-0.1, -0.05) is 24.6 Å². The van der Waals surface area contributed by atoms with Gasteiger partial charge in [0.2, 0.25) is 0 Å². The molecule has 4 aromatic rings. The largest absolute Gasteiger partial charge is 0.493 e. The van der Waals surface area contributed by atoms with Crippen LogP contribution in [0.3, 0.4) is 0 Å². The van der Waals surface area contributed by atoms with Crippen molar-refractivity contribution in [1.29, 1.82) is 0 Å². The van der Waals surface area contributed by atoms with Gasteiger partial charge in [0.15, 0.2) is 11.3 Å². The molecule has 0 bridgehead atoms. The van der Waals surface area contributed by atoms with Crippen molar-refractivity contribution in [2.24, 2.45) is 0 Å². The van der Waals surface area contributed by atoms with Crippen molar-refractivity contribution >= 4 is 27.8 Å². The number of aromatic nitrogens is 2. The monoisotopic (exact) mass is 490 g/mol. The van der Waals surface area contributed by atoms with Gasteiger partial charge in [-0.2, -0.15) is 13.2 Å². The second-order valence-corrected chi connectivity index (χ2v) is 8.13. The van der Waals surface area contributed by atoms with Crippen LogP contribution in [0.5, 0.6) is 11.5 Å². The molecule has 2 aromatic carbocycles. The molecule has 0 saturated carbocycles. The second kappa shape index (κ2) is 10.3. The molecule has 7 nitrogen and oxygen atoms in total. The van der Waals surface area contributed by atoms with Gasteiger partial charge in [-0.25, -0.2) is 0 Å². The van der Waals surface area contributed by atoms with Gasteiger partial charge in [-0.05, 0) is 42.7 Å². The second-order valence-electron chi connectivity index (χ2n) is 8.13. The first-order chi connectivity index (χ1) is 16.8. The zero-order valence-electron chi connectivity index (χ0n) is 19.1. The predicted octanol–water partition coefficient (Wildman–Crippen LogP) is 6.15. The molecule has 2 aromatic heterocycles. The first-order valence-electron chi connectivity index (χ1n) is 11.3. The number of halogens is 3. The number of carboxylic acid groups (broad SMARTS) is 1. The number of ether oxygens (including phenoxy) is 2. The van der Waals surface area contributed by atoms with E-state index in [0.29, 0.717) is 49.4 Å². The molecule has 0 aliphatic carbocycles. The number of carbonyl (C=O) groups is 1. The summed E-state index contributed by atoms with van der Waals surface area (Å²) in [7, 11) is 0. The average molecular weight is 490 g/mol. The van der Waals surface area contributed by atoms with E-state index in [9.17, 15) is 18.0 Å². The molecule has 4 rings (SSSR count). The Morgan fingerprint density at radius 1 is 1.11 bits per heavy atom. The molecule has 0 aliphatic heterocycles. The Hall–Kier alpha value is -3.69. The zero-order valence-corrected chi connectivity index (χ0v) is 19.1. The molecule has 0 radical (unpaired) electrons. The van der Waals surface area contributed by atoms with Crippen LogP contribution in [0.15, 0.2) is 41.1 Å². The molecule has 0 spiro atoms. The molecule has 35 heavy (non-hydrogen) atoms. The van der Waals surface area contributed by atoms with Gasteiger partial charge in [0.25, 0.3) is 0 Å². The molecule has 186 valence electrons. The Balaban J connectivity index is 1.41. The highest BCUT2D eigenvalue weighted by molar-refractivity contribution is 5.89. The summed E-state index contributed by atoms with van der Waals surface area (Å²) < 4.78 is 56.4. The molecule has 0 amide bonds. The van der Waals surface area contributed by atoms with Gasteiger partial charge in [0, 0.05) is 35.5 Å². The molecule has 2 heterocycles. The van der Waals surface area contributed by atoms with E-state index >= 15 is 0 Å². The van der Waals surface area contributed by atoms with Crippen LogP contribution in [0.1, 0.15) is 43.0 Å². The standard InChI is InChI=1S/C25H25F3N2O5/c1-2-5-16-19(10-9-17-23(16)35-30-24(17)25(26,27)28)33-12-4-13-34-20-7-3-6-18-22(20)15(14-29-18)8-11-21(31)32/h3,6-7,9-10,14,29H,2,4-5,8,11-13H2,1H3,(H,31,32). The van der Waals surface area contributed by atoms with Gasteiger partial charge in [0.1, 0.15) is 11.5 Å². The van der Waals surface area contributed by atoms with Crippen LogP contribution >= 0.6 is 0 Å². The number of nitrogens with one attached hydrogen (secondary N) is 1. The number of alkyl halides is 3. The molecule has 0 saturated heterocycles. The van der Waals surface area contributed by atoms with Crippen molar-refractivity contribution in [1.82, 2.24) is 10.1 Å². The van der Waals surface area contributed by atoms with E-state index < -0.39 is 17.8 Å². The molecule has 2 N–H and O–H groups in total. The highest BCUT2D eigenvalue weighted by Gasteiger charge is 2.37. The summed E-state index contributed by atoms with van der Waals surface area (Å²) in [4.78, 5) is 14.1. The molecule has 10 heteroatoms. The van der Waals surface area contributed by atoms with Gasteiger partial charge in [-0.3, -0.25) is 4.79 Å². The van der Waals surface area contributed by atoms with E-state index in [1.807, 2.05) is 25.1 Å². The molecule has 0 aliphatic rings. The molecule has 0 fully saturated rings. The average Bonchev–Trinajstić information content (AvgIpc) is 3.43. The van der Waals surface area contributed by atoms with Crippen LogP contribution in [0.4, 0.5) is 13.2 Å². The fourth-order valence-electron chi connectivity index (χ4n) is 4.07. The van der Waals surface area contributed by atoms with Gasteiger partial charge in [0.05, 0.1) is 18.6 Å². The van der Waals surface area contributed by atoms with Gasteiger partial charge < -0.3 is 24.1 Å². The van der Waals surface area contributed by atoms with E-state index in [1.54, 1.807) is 6.20 Å². The van der Waals surface area contributed by atoms with Crippen molar-refractivity contribution in [3.63, 3.8) is 0 Å². The number of hydrogen-bond acceptors (Lipinski definition) is 5. The summed E-state index contributed by atoms with van der Waals surface area (Å²) in [6.07, 6.45) is -0.670. The van der Waals surface area contributed by atoms with E-state index in [1.165, 1.54) is 12.1 Å². The lowest BCUT2D eigenvalue weighted by Gasteiger charge is -2.13. The highest BCUT2D eigenvalue weighted by Crippen LogP contribution is 2.38. The fraction of sp³-hybridized carbons (Fsp3) is 0.360. The van der Waals surface area contributed by atoms with Crippen molar-refractivity contribution in [2.75, 3.05) is 13.2 Å².